The van der Waals surface area contributed by atoms with Gasteiger partial charge in [-0.05, 0) is 36.2 Å². The summed E-state index contributed by atoms with van der Waals surface area (Å²) in [4.78, 5) is 22.3. The van der Waals surface area contributed by atoms with Crippen molar-refractivity contribution >= 4 is 34.6 Å². The van der Waals surface area contributed by atoms with Gasteiger partial charge in [0.25, 0.3) is 5.69 Å². The van der Waals surface area contributed by atoms with Crippen LogP contribution in [0.15, 0.2) is 18.2 Å². The molecule has 0 saturated heterocycles. The number of anilines is 1. The summed E-state index contributed by atoms with van der Waals surface area (Å²) in [5, 5.41) is 16.3. The van der Waals surface area contributed by atoms with Crippen LogP contribution in [0.2, 0.25) is 0 Å². The zero-order valence-corrected chi connectivity index (χ0v) is 13.3. The first kappa shape index (κ1) is 17.0. The first-order valence-electron chi connectivity index (χ1n) is 6.44. The van der Waals surface area contributed by atoms with Crippen LogP contribution in [0.1, 0.15) is 32.8 Å². The molecule has 0 atom stereocenters. The quantitative estimate of drug-likeness (QED) is 0.509. The predicted octanol–water partition coefficient (Wildman–Crippen LogP) is 3.15. The maximum atomic E-state index is 11.8. The Morgan fingerprint density at radius 2 is 2.00 bits per heavy atom. The number of rotatable bonds is 3. The van der Waals surface area contributed by atoms with Crippen LogP contribution in [0.4, 0.5) is 11.4 Å². The minimum atomic E-state index is -0.491. The minimum absolute atomic E-state index is 0.0520. The normalized spacial score (nSPS) is 10.9. The standard InChI is InChI=1S/C14H19N3O3S/c1-9-5-6-10(11(7-9)17(19)20)15-13(21)16-12(18)8-14(2,3)4/h5-7H,8H2,1-4H3,(H2,15,16,18,21). The van der Waals surface area contributed by atoms with Crippen LogP contribution in [0.5, 0.6) is 0 Å². The fourth-order valence-corrected chi connectivity index (χ4v) is 1.93. The molecule has 1 amide bonds. The van der Waals surface area contributed by atoms with E-state index in [0.29, 0.717) is 6.42 Å². The summed E-state index contributed by atoms with van der Waals surface area (Å²) in [6, 6.07) is 4.74. The molecule has 21 heavy (non-hydrogen) atoms. The van der Waals surface area contributed by atoms with Gasteiger partial charge in [-0.3, -0.25) is 14.9 Å². The molecular formula is C14H19N3O3S. The zero-order valence-electron chi connectivity index (χ0n) is 12.5. The molecule has 0 unspecified atom stereocenters. The number of nitro groups is 1. The molecule has 0 bridgehead atoms. The first-order valence-corrected chi connectivity index (χ1v) is 6.85. The highest BCUT2D eigenvalue weighted by Gasteiger charge is 2.18. The van der Waals surface area contributed by atoms with E-state index < -0.39 is 4.92 Å². The van der Waals surface area contributed by atoms with Crippen molar-refractivity contribution in [2.24, 2.45) is 5.41 Å². The summed E-state index contributed by atoms with van der Waals surface area (Å²) in [5.74, 6) is -0.227. The lowest BCUT2D eigenvalue weighted by Crippen LogP contribution is -2.36. The number of benzene rings is 1. The van der Waals surface area contributed by atoms with Crippen molar-refractivity contribution in [3.05, 3.63) is 33.9 Å². The lowest BCUT2D eigenvalue weighted by atomic mass is 9.92. The minimum Gasteiger partial charge on any atom is -0.327 e. The van der Waals surface area contributed by atoms with Gasteiger partial charge in [-0.2, -0.15) is 0 Å². The molecule has 0 fully saturated rings. The molecule has 0 saturated carbocycles. The van der Waals surface area contributed by atoms with Gasteiger partial charge < -0.3 is 10.6 Å². The number of nitro benzene ring substituents is 1. The molecule has 7 heteroatoms. The smallest absolute Gasteiger partial charge is 0.292 e. The molecule has 1 aromatic carbocycles. The molecule has 0 aliphatic heterocycles. The number of amides is 1. The van der Waals surface area contributed by atoms with Crippen molar-refractivity contribution in [1.29, 1.82) is 0 Å². The zero-order chi connectivity index (χ0) is 16.2. The van der Waals surface area contributed by atoms with Crippen LogP contribution in [-0.4, -0.2) is 15.9 Å². The summed E-state index contributed by atoms with van der Waals surface area (Å²) in [5.41, 5.74) is 0.791. The molecule has 114 valence electrons. The van der Waals surface area contributed by atoms with E-state index >= 15 is 0 Å². The van der Waals surface area contributed by atoms with Crippen molar-refractivity contribution in [2.45, 2.75) is 34.1 Å². The molecule has 0 spiro atoms. The van der Waals surface area contributed by atoms with Crippen molar-refractivity contribution < 1.29 is 9.72 Å². The molecule has 1 aromatic rings. The summed E-state index contributed by atoms with van der Waals surface area (Å²) < 4.78 is 0. The van der Waals surface area contributed by atoms with Gasteiger partial charge in [-0.1, -0.05) is 26.8 Å². The van der Waals surface area contributed by atoms with E-state index in [4.69, 9.17) is 12.2 Å². The third-order valence-corrected chi connectivity index (χ3v) is 2.75. The van der Waals surface area contributed by atoms with Gasteiger partial charge in [-0.25, -0.2) is 0 Å². The van der Waals surface area contributed by atoms with Gasteiger partial charge in [0.1, 0.15) is 5.69 Å². The first-order chi connectivity index (χ1) is 9.58. The Kier molecular flexibility index (Phi) is 5.37. The molecule has 0 aliphatic carbocycles. The Morgan fingerprint density at radius 1 is 1.38 bits per heavy atom. The number of aryl methyl sites for hydroxylation is 1. The van der Waals surface area contributed by atoms with Gasteiger partial charge in [0.05, 0.1) is 4.92 Å². The monoisotopic (exact) mass is 309 g/mol. The number of thiocarbonyl (C=S) groups is 1. The lowest BCUT2D eigenvalue weighted by Gasteiger charge is -2.17. The second-order valence-electron chi connectivity index (χ2n) is 6.02. The molecule has 6 nitrogen and oxygen atoms in total. The van der Waals surface area contributed by atoms with Gasteiger partial charge in [0.15, 0.2) is 5.11 Å². The van der Waals surface area contributed by atoms with Gasteiger partial charge >= 0.3 is 0 Å². The Hall–Kier alpha value is -2.02. The molecule has 0 aliphatic rings. The molecule has 1 rings (SSSR count). The van der Waals surface area contributed by atoms with Gasteiger partial charge in [0.2, 0.25) is 5.91 Å². The van der Waals surface area contributed by atoms with E-state index in [9.17, 15) is 14.9 Å². The predicted molar refractivity (Wildman–Crippen MR) is 86.3 cm³/mol. The summed E-state index contributed by atoms with van der Waals surface area (Å²) in [6.45, 7) is 7.58. The topological polar surface area (TPSA) is 84.3 Å². The largest absolute Gasteiger partial charge is 0.327 e. The average molecular weight is 309 g/mol. The number of hydrogen-bond donors (Lipinski definition) is 2. The number of nitrogens with one attached hydrogen (secondary N) is 2. The summed E-state index contributed by atoms with van der Waals surface area (Å²) >= 11 is 5.01. The van der Waals surface area contributed by atoms with Crippen molar-refractivity contribution in [2.75, 3.05) is 5.32 Å². The third kappa shape index (κ3) is 5.86. The fraction of sp³-hybridized carbons (Fsp3) is 0.429. The Morgan fingerprint density at radius 3 is 2.52 bits per heavy atom. The number of nitrogens with zero attached hydrogens (tertiary/aromatic N) is 1. The molecule has 0 radical (unpaired) electrons. The van der Waals surface area contributed by atoms with Gasteiger partial charge in [0, 0.05) is 12.5 Å². The summed E-state index contributed by atoms with van der Waals surface area (Å²) in [7, 11) is 0. The van der Waals surface area contributed by atoms with Gasteiger partial charge in [-0.15, -0.1) is 0 Å². The van der Waals surface area contributed by atoms with E-state index in [1.807, 2.05) is 20.8 Å². The van der Waals surface area contributed by atoms with Crippen LogP contribution >= 0.6 is 12.2 Å². The van der Waals surface area contributed by atoms with Crippen molar-refractivity contribution in [3.8, 4) is 0 Å². The Balaban J connectivity index is 2.76. The van der Waals surface area contributed by atoms with E-state index in [1.165, 1.54) is 6.07 Å². The van der Waals surface area contributed by atoms with Crippen LogP contribution < -0.4 is 10.6 Å². The molecule has 0 heterocycles. The fourth-order valence-electron chi connectivity index (χ4n) is 1.70. The highest BCUT2D eigenvalue weighted by Crippen LogP contribution is 2.25. The van der Waals surface area contributed by atoms with Crippen molar-refractivity contribution in [1.82, 2.24) is 5.32 Å². The second kappa shape index (κ2) is 6.62. The Labute approximate surface area is 129 Å². The Bertz CT molecular complexity index is 579. The molecule has 2 N–H and O–H groups in total. The summed E-state index contributed by atoms with van der Waals surface area (Å²) in [6.07, 6.45) is 0.310. The highest BCUT2D eigenvalue weighted by molar-refractivity contribution is 7.80. The van der Waals surface area contributed by atoms with Crippen LogP contribution in [-0.2, 0) is 4.79 Å². The third-order valence-electron chi connectivity index (χ3n) is 2.54. The van der Waals surface area contributed by atoms with Crippen LogP contribution in [0, 0.1) is 22.5 Å². The van der Waals surface area contributed by atoms with E-state index in [0.717, 1.165) is 5.56 Å². The van der Waals surface area contributed by atoms with E-state index in [1.54, 1.807) is 19.1 Å². The van der Waals surface area contributed by atoms with Crippen LogP contribution in [0.3, 0.4) is 0 Å². The maximum Gasteiger partial charge on any atom is 0.292 e. The molecule has 0 aromatic heterocycles. The maximum absolute atomic E-state index is 11.8. The lowest BCUT2D eigenvalue weighted by molar-refractivity contribution is -0.383. The number of hydrogen-bond acceptors (Lipinski definition) is 4. The SMILES string of the molecule is Cc1ccc(NC(=S)NC(=O)CC(C)(C)C)c([N+](=O)[O-])c1. The highest BCUT2D eigenvalue weighted by atomic mass is 32.1. The van der Waals surface area contributed by atoms with Crippen LogP contribution in [0.25, 0.3) is 0 Å². The van der Waals surface area contributed by atoms with E-state index in [-0.39, 0.29) is 27.8 Å². The number of carbonyl (C=O) groups is 1. The van der Waals surface area contributed by atoms with E-state index in [2.05, 4.69) is 10.6 Å². The molecular weight excluding hydrogens is 290 g/mol. The average Bonchev–Trinajstić information content (AvgIpc) is 2.28. The van der Waals surface area contributed by atoms with Crippen molar-refractivity contribution in [3.63, 3.8) is 0 Å². The second-order valence-corrected chi connectivity index (χ2v) is 6.43. The number of carbonyl (C=O) groups excluding carboxylic acids is 1.